The third kappa shape index (κ3) is 2.60. The lowest BCUT2D eigenvalue weighted by Crippen LogP contribution is -2.42. The number of benzene rings is 1. The number of nitrogen functional groups attached to an aromatic ring is 1. The summed E-state index contributed by atoms with van der Waals surface area (Å²) in [7, 11) is 0. The van der Waals surface area contributed by atoms with Gasteiger partial charge in [0.1, 0.15) is 18.0 Å². The van der Waals surface area contributed by atoms with Gasteiger partial charge in [-0.15, -0.1) is 0 Å². The molecule has 0 spiro atoms. The minimum Gasteiger partial charge on any atom is -0.465 e. The molecule has 18 heavy (non-hydrogen) atoms. The fraction of sp³-hybridized carbons (Fsp3) is 0.333. The van der Waals surface area contributed by atoms with Gasteiger partial charge in [0.25, 0.3) is 0 Å². The van der Waals surface area contributed by atoms with Crippen molar-refractivity contribution in [3.8, 4) is 0 Å². The topological polar surface area (TPSA) is 96.9 Å². The second-order valence-electron chi connectivity index (χ2n) is 4.38. The number of hydrogen-bond donors (Lipinski definition) is 3. The van der Waals surface area contributed by atoms with E-state index in [9.17, 15) is 4.79 Å². The summed E-state index contributed by atoms with van der Waals surface area (Å²) < 4.78 is 5.40. The minimum absolute atomic E-state index is 0.171. The lowest BCUT2D eigenvalue weighted by molar-refractivity contribution is 0.104. The molecule has 6 nitrogen and oxygen atoms in total. The number of rotatable bonds is 1. The summed E-state index contributed by atoms with van der Waals surface area (Å²) >= 11 is 0. The van der Waals surface area contributed by atoms with E-state index in [0.717, 1.165) is 5.56 Å². The van der Waals surface area contributed by atoms with Crippen molar-refractivity contribution in [1.82, 2.24) is 5.32 Å². The predicted molar refractivity (Wildman–Crippen MR) is 67.6 cm³/mol. The normalized spacial score (nSPS) is 23.3. The molecule has 1 heterocycles. The van der Waals surface area contributed by atoms with Crippen LogP contribution in [0.15, 0.2) is 29.3 Å². The molecule has 0 aliphatic carbocycles. The highest BCUT2D eigenvalue weighted by molar-refractivity contribution is 5.96. The van der Waals surface area contributed by atoms with Crippen molar-refractivity contribution in [1.29, 1.82) is 0 Å². The van der Waals surface area contributed by atoms with Crippen molar-refractivity contribution >= 4 is 17.6 Å². The van der Waals surface area contributed by atoms with Crippen molar-refractivity contribution in [2.75, 3.05) is 18.9 Å². The van der Waals surface area contributed by atoms with E-state index in [2.05, 4.69) is 10.3 Å². The number of hydrogen-bond acceptors (Lipinski definition) is 4. The molecule has 1 aliphatic rings. The van der Waals surface area contributed by atoms with E-state index >= 15 is 0 Å². The van der Waals surface area contributed by atoms with Gasteiger partial charge in [-0.2, -0.15) is 0 Å². The van der Waals surface area contributed by atoms with Gasteiger partial charge >= 0.3 is 6.09 Å². The van der Waals surface area contributed by atoms with Crippen LogP contribution < -0.4 is 11.1 Å². The van der Waals surface area contributed by atoms with Crippen LogP contribution in [0.4, 0.5) is 10.5 Å². The molecule has 1 aliphatic heterocycles. The molecule has 96 valence electrons. The van der Waals surface area contributed by atoms with Crippen molar-refractivity contribution in [3.05, 3.63) is 29.8 Å². The molecule has 2 rings (SSSR count). The highest BCUT2D eigenvalue weighted by Gasteiger charge is 2.31. The monoisotopic (exact) mass is 249 g/mol. The summed E-state index contributed by atoms with van der Waals surface area (Å²) in [6, 6.07) is 7.34. The first-order chi connectivity index (χ1) is 8.49. The fourth-order valence-electron chi connectivity index (χ4n) is 1.92. The molecule has 1 atom stereocenters. The van der Waals surface area contributed by atoms with Gasteiger partial charge in [-0.1, -0.05) is 12.1 Å². The zero-order valence-electron chi connectivity index (χ0n) is 10.0. The number of amidine groups is 1. The average Bonchev–Trinajstić information content (AvgIpc) is 2.28. The predicted octanol–water partition coefficient (Wildman–Crippen LogP) is 1.18. The number of anilines is 1. The van der Waals surface area contributed by atoms with Crippen LogP contribution in [0.3, 0.4) is 0 Å². The first-order valence-electron chi connectivity index (χ1n) is 5.52. The Hall–Kier alpha value is -2.08. The first-order valence-corrected chi connectivity index (χ1v) is 5.52. The fourth-order valence-corrected chi connectivity index (χ4v) is 1.92. The molecule has 4 N–H and O–H groups in total. The van der Waals surface area contributed by atoms with Crippen LogP contribution in [-0.4, -0.2) is 30.2 Å². The lowest BCUT2D eigenvalue weighted by Gasteiger charge is -2.31. The summed E-state index contributed by atoms with van der Waals surface area (Å²) in [4.78, 5) is 15.0. The Labute approximate surface area is 104 Å². The van der Waals surface area contributed by atoms with E-state index in [0.29, 0.717) is 18.1 Å². The molecule has 0 saturated heterocycles. The zero-order chi connectivity index (χ0) is 13.2. The van der Waals surface area contributed by atoms with Gasteiger partial charge in [0, 0.05) is 5.69 Å². The largest absolute Gasteiger partial charge is 0.465 e. The standard InChI is InChI=1S/C12H15N3O3/c1-12(8-3-2-4-9(13)5-8)7-18-6-10(15-12)14-11(16)17/h2-5H,6-7,13H2,1H3,(H,14,15)(H,16,17). The summed E-state index contributed by atoms with van der Waals surface area (Å²) in [5.41, 5.74) is 6.66. The Kier molecular flexibility index (Phi) is 3.20. The van der Waals surface area contributed by atoms with E-state index in [1.54, 1.807) is 6.07 Å². The molecule has 1 aromatic rings. The maximum Gasteiger partial charge on any atom is 0.410 e. The third-order valence-corrected chi connectivity index (χ3v) is 2.76. The van der Waals surface area contributed by atoms with E-state index in [1.165, 1.54) is 0 Å². The van der Waals surface area contributed by atoms with Crippen LogP contribution in [0.5, 0.6) is 0 Å². The van der Waals surface area contributed by atoms with Crippen LogP contribution in [0.25, 0.3) is 0 Å². The lowest BCUT2D eigenvalue weighted by atomic mass is 9.92. The van der Waals surface area contributed by atoms with E-state index in [4.69, 9.17) is 15.6 Å². The highest BCUT2D eigenvalue weighted by Crippen LogP contribution is 2.29. The van der Waals surface area contributed by atoms with Gasteiger partial charge < -0.3 is 15.6 Å². The Morgan fingerprint density at radius 1 is 1.61 bits per heavy atom. The van der Waals surface area contributed by atoms with Crippen molar-refractivity contribution in [2.45, 2.75) is 12.5 Å². The van der Waals surface area contributed by atoms with Crippen LogP contribution >= 0.6 is 0 Å². The number of ether oxygens (including phenoxy) is 1. The minimum atomic E-state index is -1.14. The van der Waals surface area contributed by atoms with Gasteiger partial charge in [-0.25, -0.2) is 4.79 Å². The SMILES string of the molecule is CC1(c2cccc(N)c2)COCC(NC(=O)O)=N1. The van der Waals surface area contributed by atoms with Crippen LogP contribution in [0.1, 0.15) is 12.5 Å². The van der Waals surface area contributed by atoms with Gasteiger partial charge in [0.2, 0.25) is 0 Å². The van der Waals surface area contributed by atoms with Crippen molar-refractivity contribution in [3.63, 3.8) is 0 Å². The molecule has 0 aromatic heterocycles. The summed E-state index contributed by atoms with van der Waals surface area (Å²) in [5, 5.41) is 10.9. The van der Waals surface area contributed by atoms with Crippen molar-refractivity contribution in [2.24, 2.45) is 4.99 Å². The molecule has 0 radical (unpaired) electrons. The number of nitrogens with one attached hydrogen (secondary N) is 1. The molecular formula is C12H15N3O3. The van der Waals surface area contributed by atoms with E-state index < -0.39 is 11.6 Å². The number of aliphatic imine (C=N–C) groups is 1. The Balaban J connectivity index is 2.32. The van der Waals surface area contributed by atoms with Crippen LogP contribution in [0.2, 0.25) is 0 Å². The second kappa shape index (κ2) is 4.66. The maximum absolute atomic E-state index is 10.6. The summed E-state index contributed by atoms with van der Waals surface area (Å²) in [6.45, 7) is 2.44. The molecule has 1 unspecified atom stereocenters. The Bertz CT molecular complexity index is 501. The highest BCUT2D eigenvalue weighted by atomic mass is 16.5. The second-order valence-corrected chi connectivity index (χ2v) is 4.38. The molecule has 6 heteroatoms. The molecule has 0 saturated carbocycles. The number of nitrogens with two attached hydrogens (primary N) is 1. The smallest absolute Gasteiger partial charge is 0.410 e. The number of nitrogens with zero attached hydrogens (tertiary/aromatic N) is 1. The quantitative estimate of drug-likeness (QED) is 0.651. The first kappa shape index (κ1) is 12.4. The molecule has 0 fully saturated rings. The number of carboxylic acid groups (broad SMARTS) is 1. The van der Waals surface area contributed by atoms with Gasteiger partial charge in [0.05, 0.1) is 6.61 Å². The van der Waals surface area contributed by atoms with Gasteiger partial charge in [0.15, 0.2) is 0 Å². The van der Waals surface area contributed by atoms with Gasteiger partial charge in [-0.3, -0.25) is 10.3 Å². The van der Waals surface area contributed by atoms with Crippen molar-refractivity contribution < 1.29 is 14.6 Å². The van der Waals surface area contributed by atoms with E-state index in [1.807, 2.05) is 25.1 Å². The zero-order valence-corrected chi connectivity index (χ0v) is 10.0. The maximum atomic E-state index is 10.6. The average molecular weight is 249 g/mol. The van der Waals surface area contributed by atoms with Crippen LogP contribution in [0, 0.1) is 0 Å². The van der Waals surface area contributed by atoms with Gasteiger partial charge in [-0.05, 0) is 24.6 Å². The molecular weight excluding hydrogens is 234 g/mol. The number of carbonyl (C=O) groups is 1. The Morgan fingerprint density at radius 2 is 2.39 bits per heavy atom. The van der Waals surface area contributed by atoms with Crippen LogP contribution in [-0.2, 0) is 10.3 Å². The molecule has 1 aromatic carbocycles. The summed E-state index contributed by atoms with van der Waals surface area (Å²) in [5.74, 6) is 0.304. The van der Waals surface area contributed by atoms with E-state index in [-0.39, 0.29) is 6.61 Å². The molecule has 0 bridgehead atoms. The molecule has 1 amide bonds. The summed E-state index contributed by atoms with van der Waals surface area (Å²) in [6.07, 6.45) is -1.14. The Morgan fingerprint density at radius 3 is 3.06 bits per heavy atom. The third-order valence-electron chi connectivity index (χ3n) is 2.76. The number of amides is 1.